The number of nitrogens with one attached hydrogen (secondary N) is 1. The Morgan fingerprint density at radius 3 is 1.22 bits per heavy atom. The van der Waals surface area contributed by atoms with E-state index >= 15 is 0 Å². The second-order valence-electron chi connectivity index (χ2n) is 20.3. The zero-order chi connectivity index (χ0) is 52.7. The van der Waals surface area contributed by atoms with Crippen molar-refractivity contribution >= 4 is 13.7 Å². The fourth-order valence-corrected chi connectivity index (χ4v) is 8.42. The zero-order valence-corrected chi connectivity index (χ0v) is 47.8. The highest BCUT2D eigenvalue weighted by atomic mass is 31.2. The van der Waals surface area contributed by atoms with E-state index < -0.39 is 20.0 Å². The minimum Gasteiger partial charge on any atom is -0.387 e. The van der Waals surface area contributed by atoms with Crippen LogP contribution in [-0.2, 0) is 18.4 Å². The van der Waals surface area contributed by atoms with Crippen molar-refractivity contribution in [2.24, 2.45) is 0 Å². The predicted octanol–water partition coefficient (Wildman–Crippen LogP) is 17.8. The van der Waals surface area contributed by atoms with Gasteiger partial charge in [0, 0.05) is 6.42 Å². The number of likely N-dealkylation sites (N-methyl/N-ethyl adjacent to an activating group) is 1. The quantitative estimate of drug-likeness (QED) is 0.0243. The molecule has 0 fully saturated rings. The molecule has 1 amide bonds. The van der Waals surface area contributed by atoms with E-state index in [-0.39, 0.29) is 19.1 Å². The van der Waals surface area contributed by atoms with Gasteiger partial charge in [-0.1, -0.05) is 245 Å². The van der Waals surface area contributed by atoms with Crippen LogP contribution in [0.1, 0.15) is 219 Å². The second kappa shape index (κ2) is 52.8. The van der Waals surface area contributed by atoms with Gasteiger partial charge in [0.15, 0.2) is 0 Å². The maximum absolute atomic E-state index is 13.0. The lowest BCUT2D eigenvalue weighted by Crippen LogP contribution is -2.45. The van der Waals surface area contributed by atoms with Gasteiger partial charge in [-0.2, -0.15) is 0 Å². The van der Waals surface area contributed by atoms with Gasteiger partial charge in [0.05, 0.1) is 39.9 Å². The second-order valence-corrected chi connectivity index (χ2v) is 21.7. The van der Waals surface area contributed by atoms with Gasteiger partial charge in [-0.25, -0.2) is 4.57 Å². The Bertz CT molecular complexity index is 1580. The molecule has 0 heterocycles. The van der Waals surface area contributed by atoms with Crippen molar-refractivity contribution in [1.29, 1.82) is 0 Å². The minimum absolute atomic E-state index is 0.0481. The zero-order valence-electron chi connectivity index (χ0n) is 46.9. The Kier molecular flexibility index (Phi) is 50.5. The molecule has 8 nitrogen and oxygen atoms in total. The van der Waals surface area contributed by atoms with Gasteiger partial charge in [-0.15, -0.1) is 0 Å². The molecular formula is C63H110N2O6P+. The molecule has 0 spiro atoms. The summed E-state index contributed by atoms with van der Waals surface area (Å²) >= 11 is 0. The lowest BCUT2D eigenvalue weighted by atomic mass is 10.0. The molecule has 0 aromatic carbocycles. The fraction of sp³-hybridized carbons (Fsp3) is 0.667. The van der Waals surface area contributed by atoms with Crippen LogP contribution in [0.2, 0.25) is 0 Å². The number of rotatable bonds is 51. The molecule has 0 rings (SSSR count). The highest BCUT2D eigenvalue weighted by molar-refractivity contribution is 7.47. The number of nitrogens with zero attached hydrogens (tertiary/aromatic N) is 1. The van der Waals surface area contributed by atoms with E-state index in [4.69, 9.17) is 9.05 Å². The van der Waals surface area contributed by atoms with E-state index in [1.165, 1.54) is 96.3 Å². The standard InChI is InChI=1S/C63H109N2O6P/c1-6-8-10-12-14-16-18-20-22-24-26-27-28-29-30-31-32-33-34-35-36-37-39-41-43-45-47-49-51-53-55-57-63(67)64-61(60-71-72(68,69)70-59-58-65(3,4)5)62(66)56-54-52-50-48-46-44-42-40-38-25-23-21-19-17-15-13-11-9-7-2/h8,10,14,16,20,22,26-27,29-30,32-33,35-36,39,41,45,47,54,56,61-62,66H,6-7,9,11-13,15,17-19,21,23-25,28,31,34,37-38,40,42-44,46,48-53,55,57-60H2,1-5H3,(H-,64,67,68,69)/p+1/b10-8-,16-14-,22-20-,27-26-,30-29-,33-32-,36-35-,41-39-,47-45-,56-54+. The number of carbonyl (C=O) groups is 1. The first kappa shape index (κ1) is 68.9. The summed E-state index contributed by atoms with van der Waals surface area (Å²) in [6.07, 6.45) is 78.6. The number of allylic oxidation sites excluding steroid dienone is 19. The summed E-state index contributed by atoms with van der Waals surface area (Å²) in [5.74, 6) is -0.213. The summed E-state index contributed by atoms with van der Waals surface area (Å²) in [5, 5.41) is 13.9. The lowest BCUT2D eigenvalue weighted by Gasteiger charge is -2.25. The van der Waals surface area contributed by atoms with Gasteiger partial charge in [0.25, 0.3) is 0 Å². The molecule has 0 aromatic rings. The molecule has 412 valence electrons. The minimum atomic E-state index is -4.37. The summed E-state index contributed by atoms with van der Waals surface area (Å²) in [7, 11) is 1.53. The summed E-state index contributed by atoms with van der Waals surface area (Å²) < 4.78 is 23.7. The molecule has 3 unspecified atom stereocenters. The van der Waals surface area contributed by atoms with Crippen molar-refractivity contribution in [2.45, 2.75) is 231 Å². The number of phosphoric ester groups is 1. The fourth-order valence-electron chi connectivity index (χ4n) is 7.68. The van der Waals surface area contributed by atoms with Crippen molar-refractivity contribution in [2.75, 3.05) is 40.9 Å². The molecule has 0 aliphatic rings. The van der Waals surface area contributed by atoms with Crippen molar-refractivity contribution in [3.63, 3.8) is 0 Å². The molecule has 0 bridgehead atoms. The molecule has 0 aliphatic carbocycles. The Hall–Kier alpha value is -3.10. The van der Waals surface area contributed by atoms with Gasteiger partial charge in [0.2, 0.25) is 5.91 Å². The molecule has 72 heavy (non-hydrogen) atoms. The number of hydrogen-bond donors (Lipinski definition) is 3. The molecular weight excluding hydrogens is 912 g/mol. The SMILES string of the molecule is CC/C=C\C/C=C\C/C=C\C/C=C\C/C=C\C/C=C\C/C=C\C/C=C\C/C=C\CCCCCC(=O)NC(COP(=O)(O)OCC[N+](C)(C)C)C(O)/C=C/CCCCCCCCCCCCCCCCCCC. The van der Waals surface area contributed by atoms with E-state index in [1.807, 2.05) is 27.2 Å². The van der Waals surface area contributed by atoms with Crippen LogP contribution in [0.25, 0.3) is 0 Å². The Labute approximate surface area is 444 Å². The van der Waals surface area contributed by atoms with Gasteiger partial charge < -0.3 is 19.8 Å². The average Bonchev–Trinajstić information content (AvgIpc) is 3.34. The lowest BCUT2D eigenvalue weighted by molar-refractivity contribution is -0.870. The summed E-state index contributed by atoms with van der Waals surface area (Å²) in [5.41, 5.74) is 0. The van der Waals surface area contributed by atoms with E-state index in [0.717, 1.165) is 103 Å². The summed E-state index contributed by atoms with van der Waals surface area (Å²) in [6.45, 7) is 4.67. The van der Waals surface area contributed by atoms with Crippen LogP contribution in [-0.4, -0.2) is 73.4 Å². The summed E-state index contributed by atoms with van der Waals surface area (Å²) in [4.78, 5) is 23.3. The highest BCUT2D eigenvalue weighted by Gasteiger charge is 2.27. The predicted molar refractivity (Wildman–Crippen MR) is 313 cm³/mol. The van der Waals surface area contributed by atoms with Crippen LogP contribution in [0.5, 0.6) is 0 Å². The molecule has 9 heteroatoms. The molecule has 3 N–H and O–H groups in total. The van der Waals surface area contributed by atoms with Crippen molar-refractivity contribution in [3.05, 3.63) is 122 Å². The summed E-state index contributed by atoms with van der Waals surface area (Å²) in [6, 6.07) is -0.874. The number of phosphoric acid groups is 1. The number of quaternary nitrogens is 1. The van der Waals surface area contributed by atoms with Crippen molar-refractivity contribution in [1.82, 2.24) is 5.32 Å². The van der Waals surface area contributed by atoms with E-state index in [2.05, 4.69) is 129 Å². The molecule has 0 aliphatic heterocycles. The maximum atomic E-state index is 13.0. The van der Waals surface area contributed by atoms with Crippen LogP contribution in [0.3, 0.4) is 0 Å². The Balaban J connectivity index is 4.34. The number of unbranched alkanes of at least 4 members (excludes halogenated alkanes) is 20. The van der Waals surface area contributed by atoms with E-state index in [9.17, 15) is 19.4 Å². The van der Waals surface area contributed by atoms with Crippen LogP contribution in [0, 0.1) is 0 Å². The molecule has 0 aromatic heterocycles. The maximum Gasteiger partial charge on any atom is 0.472 e. The topological polar surface area (TPSA) is 105 Å². The van der Waals surface area contributed by atoms with Crippen LogP contribution in [0.4, 0.5) is 0 Å². The largest absolute Gasteiger partial charge is 0.472 e. The van der Waals surface area contributed by atoms with E-state index in [1.54, 1.807) is 6.08 Å². The number of aliphatic hydroxyl groups is 1. The van der Waals surface area contributed by atoms with Gasteiger partial charge in [-0.05, 0) is 89.9 Å². The first-order valence-corrected chi connectivity index (χ1v) is 30.4. The average molecular weight is 1020 g/mol. The van der Waals surface area contributed by atoms with Crippen LogP contribution in [0.15, 0.2) is 122 Å². The normalized spacial score (nSPS) is 14.8. The number of aliphatic hydroxyl groups excluding tert-OH is 1. The number of hydrogen-bond acceptors (Lipinski definition) is 5. The van der Waals surface area contributed by atoms with Gasteiger partial charge >= 0.3 is 7.82 Å². The Morgan fingerprint density at radius 2 is 0.833 bits per heavy atom. The Morgan fingerprint density at radius 1 is 0.486 bits per heavy atom. The molecule has 0 saturated carbocycles. The van der Waals surface area contributed by atoms with Crippen LogP contribution < -0.4 is 5.32 Å². The number of carbonyl (C=O) groups excluding carboxylic acids is 1. The third-order valence-electron chi connectivity index (χ3n) is 12.2. The highest BCUT2D eigenvalue weighted by Crippen LogP contribution is 2.43. The monoisotopic (exact) mass is 1020 g/mol. The third-order valence-corrected chi connectivity index (χ3v) is 13.2. The smallest absolute Gasteiger partial charge is 0.387 e. The molecule has 3 atom stereocenters. The first-order valence-electron chi connectivity index (χ1n) is 28.9. The first-order chi connectivity index (χ1) is 35.0. The van der Waals surface area contributed by atoms with E-state index in [0.29, 0.717) is 17.4 Å². The van der Waals surface area contributed by atoms with Gasteiger partial charge in [-0.3, -0.25) is 13.8 Å². The van der Waals surface area contributed by atoms with Crippen molar-refractivity contribution < 1.29 is 32.9 Å². The third kappa shape index (κ3) is 54.7. The molecule has 0 saturated heterocycles. The van der Waals surface area contributed by atoms with Crippen molar-refractivity contribution in [3.8, 4) is 0 Å². The molecule has 0 radical (unpaired) electrons. The number of amides is 1. The van der Waals surface area contributed by atoms with Crippen LogP contribution >= 0.6 is 7.82 Å². The van der Waals surface area contributed by atoms with Gasteiger partial charge in [0.1, 0.15) is 13.2 Å².